The summed E-state index contributed by atoms with van der Waals surface area (Å²) in [6.45, 7) is 5.57. The fraction of sp³-hybridized carbons (Fsp3) is 0.366. The van der Waals surface area contributed by atoms with Gasteiger partial charge in [0.15, 0.2) is 0 Å². The van der Waals surface area contributed by atoms with E-state index < -0.39 is 29.7 Å². The lowest BCUT2D eigenvalue weighted by molar-refractivity contribution is -0.136. The van der Waals surface area contributed by atoms with Crippen molar-refractivity contribution in [3.8, 4) is 11.3 Å². The fourth-order valence-electron chi connectivity index (χ4n) is 7.73. The number of hydrogen-bond acceptors (Lipinski definition) is 10. The van der Waals surface area contributed by atoms with Crippen molar-refractivity contribution in [2.75, 3.05) is 23.7 Å². The van der Waals surface area contributed by atoms with Crippen LogP contribution in [0.2, 0.25) is 0 Å². The quantitative estimate of drug-likeness (QED) is 0.0874. The molecule has 56 heavy (non-hydrogen) atoms. The van der Waals surface area contributed by atoms with Crippen molar-refractivity contribution in [3.05, 3.63) is 89.4 Å². The molecule has 3 aromatic carbocycles. The van der Waals surface area contributed by atoms with E-state index in [1.807, 2.05) is 41.2 Å². The summed E-state index contributed by atoms with van der Waals surface area (Å²) in [6, 6.07) is 17.7. The second kappa shape index (κ2) is 15.9. The van der Waals surface area contributed by atoms with Crippen molar-refractivity contribution in [2.45, 2.75) is 83.5 Å². The largest absolute Gasteiger partial charge is 0.385 e. The molecule has 3 aliphatic rings. The normalized spacial score (nSPS) is 18.5. The van der Waals surface area contributed by atoms with Gasteiger partial charge in [-0.2, -0.15) is 0 Å². The number of imidazole rings is 1. The Morgan fingerprint density at radius 1 is 0.893 bits per heavy atom. The van der Waals surface area contributed by atoms with Gasteiger partial charge in [-0.05, 0) is 94.1 Å². The Bertz CT molecular complexity index is 2310. The van der Waals surface area contributed by atoms with Gasteiger partial charge in [0.05, 0.1) is 34.9 Å². The molecule has 0 saturated carbocycles. The van der Waals surface area contributed by atoms with Crippen LogP contribution in [0.4, 0.5) is 11.4 Å². The van der Waals surface area contributed by atoms with Gasteiger partial charge in [0.2, 0.25) is 11.8 Å². The minimum absolute atomic E-state index is 0.0835. The Kier molecular flexibility index (Phi) is 10.4. The lowest BCUT2D eigenvalue weighted by atomic mass is 10.0. The SMILES string of the molecule is C[C@H]1CCCN1Cc1nc2cc(NC(=O)c3ccc(-c4cn(CCCCCCNc5ccc6c(c5)C(=O)N(C5CCC(=O)NC5=O)C6=O)nn4)cc3)ccc2[nH]1. The molecule has 2 fully saturated rings. The number of anilines is 2. The molecule has 5 aromatic rings. The molecule has 288 valence electrons. The first kappa shape index (κ1) is 36.7. The van der Waals surface area contributed by atoms with Crippen LogP contribution in [0, 0.1) is 0 Å². The van der Waals surface area contributed by atoms with Crippen LogP contribution in [0.25, 0.3) is 22.3 Å². The molecule has 1 unspecified atom stereocenters. The predicted molar refractivity (Wildman–Crippen MR) is 209 cm³/mol. The second-order valence-corrected chi connectivity index (χ2v) is 14.8. The van der Waals surface area contributed by atoms with Crippen molar-refractivity contribution < 1.29 is 24.0 Å². The van der Waals surface area contributed by atoms with E-state index in [9.17, 15) is 24.0 Å². The van der Waals surface area contributed by atoms with Gasteiger partial charge in [0.1, 0.15) is 17.6 Å². The van der Waals surface area contributed by atoms with E-state index in [1.165, 1.54) is 12.8 Å². The van der Waals surface area contributed by atoms with Crippen molar-refractivity contribution in [2.24, 2.45) is 0 Å². The van der Waals surface area contributed by atoms with Crippen molar-refractivity contribution in [1.82, 2.24) is 40.1 Å². The number of rotatable bonds is 14. The van der Waals surface area contributed by atoms with Crippen LogP contribution in [0.15, 0.2) is 66.9 Å². The van der Waals surface area contributed by atoms with Crippen LogP contribution in [-0.2, 0) is 22.7 Å². The molecular weight excluding hydrogens is 713 g/mol. The number of nitrogens with zero attached hydrogens (tertiary/aromatic N) is 6. The molecule has 0 radical (unpaired) electrons. The molecule has 2 saturated heterocycles. The summed E-state index contributed by atoms with van der Waals surface area (Å²) < 4.78 is 1.83. The minimum Gasteiger partial charge on any atom is -0.385 e. The third-order valence-corrected chi connectivity index (χ3v) is 10.9. The number of piperidine rings is 1. The van der Waals surface area contributed by atoms with Crippen LogP contribution < -0.4 is 16.0 Å². The van der Waals surface area contributed by atoms with Gasteiger partial charge >= 0.3 is 0 Å². The van der Waals surface area contributed by atoms with Gasteiger partial charge in [-0.3, -0.25) is 43.8 Å². The molecule has 2 atom stereocenters. The van der Waals surface area contributed by atoms with Crippen LogP contribution in [0.1, 0.15) is 95.2 Å². The molecule has 5 heterocycles. The van der Waals surface area contributed by atoms with E-state index in [0.717, 1.165) is 84.0 Å². The first-order valence-electron chi connectivity index (χ1n) is 19.3. The number of aromatic amines is 1. The topological polar surface area (TPSA) is 187 Å². The molecule has 15 nitrogen and oxygen atoms in total. The van der Waals surface area contributed by atoms with E-state index in [0.29, 0.717) is 23.8 Å². The monoisotopic (exact) mass is 756 g/mol. The van der Waals surface area contributed by atoms with E-state index in [1.54, 1.807) is 30.3 Å². The van der Waals surface area contributed by atoms with Gasteiger partial charge in [0.25, 0.3) is 17.7 Å². The third kappa shape index (κ3) is 7.80. The number of hydrogen-bond donors (Lipinski definition) is 4. The number of nitrogens with one attached hydrogen (secondary N) is 4. The van der Waals surface area contributed by atoms with Gasteiger partial charge in [0, 0.05) is 48.1 Å². The Morgan fingerprint density at radius 3 is 2.50 bits per heavy atom. The highest BCUT2D eigenvalue weighted by molar-refractivity contribution is 6.23. The zero-order chi connectivity index (χ0) is 38.8. The zero-order valence-corrected chi connectivity index (χ0v) is 31.2. The van der Waals surface area contributed by atoms with Gasteiger partial charge in [-0.25, -0.2) is 4.98 Å². The number of amides is 5. The second-order valence-electron chi connectivity index (χ2n) is 14.8. The highest BCUT2D eigenvalue weighted by Crippen LogP contribution is 2.30. The number of aromatic nitrogens is 5. The zero-order valence-electron chi connectivity index (χ0n) is 31.2. The molecule has 8 rings (SSSR count). The number of aryl methyl sites for hydroxylation is 1. The Morgan fingerprint density at radius 2 is 1.70 bits per heavy atom. The van der Waals surface area contributed by atoms with Gasteiger partial charge in [-0.1, -0.05) is 30.2 Å². The summed E-state index contributed by atoms with van der Waals surface area (Å²) in [4.78, 5) is 74.5. The number of unbranched alkanes of at least 4 members (excludes halogenated alkanes) is 3. The average molecular weight is 757 g/mol. The Labute approximate surface area is 323 Å². The molecular formula is C41H44N10O5. The fourth-order valence-corrected chi connectivity index (χ4v) is 7.73. The van der Waals surface area contributed by atoms with E-state index >= 15 is 0 Å². The summed E-state index contributed by atoms with van der Waals surface area (Å²) in [5, 5.41) is 17.2. The highest BCUT2D eigenvalue weighted by atomic mass is 16.2. The molecule has 2 aromatic heterocycles. The maximum absolute atomic E-state index is 13.1. The van der Waals surface area contributed by atoms with Gasteiger partial charge in [-0.15, -0.1) is 5.10 Å². The number of fused-ring (bicyclic) bond motifs is 2. The standard InChI is InChI=1S/C41H44N10O5/c1-25-7-6-19-49(25)24-36-44-32-15-13-29(22-33(32)45-36)43-38(53)27-10-8-26(9-11-27)34-23-50(48-47-34)20-5-3-2-4-18-42-28-12-14-30-31(21-28)41(56)51(40(30)55)35-16-17-37(52)46-39(35)54/h8-15,21-23,25,35,42H,2-7,16-20,24H2,1H3,(H,43,53)(H,44,45)(H,46,52,54)/t25-,35?/m0/s1. The maximum atomic E-state index is 13.1. The lowest BCUT2D eigenvalue weighted by Gasteiger charge is -2.27. The summed E-state index contributed by atoms with van der Waals surface area (Å²) in [5.41, 5.74) is 5.86. The summed E-state index contributed by atoms with van der Waals surface area (Å²) in [6.07, 6.45) is 8.37. The van der Waals surface area contributed by atoms with Crippen LogP contribution >= 0.6 is 0 Å². The summed E-state index contributed by atoms with van der Waals surface area (Å²) in [5.74, 6) is -1.32. The summed E-state index contributed by atoms with van der Waals surface area (Å²) >= 11 is 0. The third-order valence-electron chi connectivity index (χ3n) is 10.9. The maximum Gasteiger partial charge on any atom is 0.262 e. The number of imide groups is 2. The van der Waals surface area contributed by atoms with Crippen LogP contribution in [0.3, 0.4) is 0 Å². The Balaban J connectivity index is 0.757. The van der Waals surface area contributed by atoms with E-state index in [2.05, 4.69) is 43.1 Å². The van der Waals surface area contributed by atoms with Crippen LogP contribution in [-0.4, -0.2) is 89.5 Å². The van der Waals surface area contributed by atoms with Crippen LogP contribution in [0.5, 0.6) is 0 Å². The van der Waals surface area contributed by atoms with E-state index in [4.69, 9.17) is 4.98 Å². The number of likely N-dealkylation sites (tertiary alicyclic amines) is 1. The number of carbonyl (C=O) groups excluding carboxylic acids is 5. The predicted octanol–water partition coefficient (Wildman–Crippen LogP) is 5.13. The number of H-pyrrole nitrogens is 1. The van der Waals surface area contributed by atoms with Crippen molar-refractivity contribution >= 4 is 51.9 Å². The molecule has 5 amide bonds. The average Bonchev–Trinajstić information content (AvgIpc) is 3.98. The smallest absolute Gasteiger partial charge is 0.262 e. The summed E-state index contributed by atoms with van der Waals surface area (Å²) in [7, 11) is 0. The first-order chi connectivity index (χ1) is 27.2. The van der Waals surface area contributed by atoms with Crippen molar-refractivity contribution in [3.63, 3.8) is 0 Å². The number of carbonyl (C=O) groups is 5. The minimum atomic E-state index is -0.981. The molecule has 0 aliphatic carbocycles. The van der Waals surface area contributed by atoms with Crippen molar-refractivity contribution in [1.29, 1.82) is 0 Å². The molecule has 0 spiro atoms. The molecule has 15 heteroatoms. The molecule has 0 bridgehead atoms. The number of benzene rings is 3. The first-order valence-corrected chi connectivity index (χ1v) is 19.3. The lowest BCUT2D eigenvalue weighted by Crippen LogP contribution is -2.54. The van der Waals surface area contributed by atoms with E-state index in [-0.39, 0.29) is 29.9 Å². The van der Waals surface area contributed by atoms with Gasteiger partial charge < -0.3 is 15.6 Å². The molecule has 3 aliphatic heterocycles. The highest BCUT2D eigenvalue weighted by Gasteiger charge is 2.44. The molecule has 4 N–H and O–H groups in total. The Hall–Kier alpha value is -6.22.